The van der Waals surface area contributed by atoms with Crippen LogP contribution < -0.4 is 5.43 Å². The van der Waals surface area contributed by atoms with Crippen LogP contribution in [-0.4, -0.2) is 33.7 Å². The molecule has 1 aromatic heterocycles. The van der Waals surface area contributed by atoms with Crippen LogP contribution in [0.1, 0.15) is 35.9 Å². The molecule has 1 saturated heterocycles. The standard InChI is InChI=1S/C18H20ClN3O2/c1-12-7-9-21(10-8-12)18(24)17-16(23)11-13(2)22(20-17)15-5-3-14(19)4-6-15/h3-6,11-12H,7-10H2,1-2H3. The van der Waals surface area contributed by atoms with Crippen molar-refractivity contribution < 1.29 is 4.79 Å². The topological polar surface area (TPSA) is 55.2 Å². The molecule has 6 heteroatoms. The predicted molar refractivity (Wildman–Crippen MR) is 93.9 cm³/mol. The number of benzene rings is 1. The number of hydrogen-bond donors (Lipinski definition) is 0. The van der Waals surface area contributed by atoms with Crippen molar-refractivity contribution >= 4 is 17.5 Å². The van der Waals surface area contributed by atoms with Gasteiger partial charge in [0.05, 0.1) is 5.69 Å². The molecule has 0 saturated carbocycles. The molecule has 1 amide bonds. The van der Waals surface area contributed by atoms with Gasteiger partial charge in [0.25, 0.3) is 5.91 Å². The third kappa shape index (κ3) is 3.36. The maximum absolute atomic E-state index is 12.7. The van der Waals surface area contributed by atoms with Crippen LogP contribution in [0.15, 0.2) is 35.1 Å². The van der Waals surface area contributed by atoms with E-state index in [0.717, 1.165) is 18.5 Å². The molecule has 0 spiro atoms. The predicted octanol–water partition coefficient (Wildman–Crippen LogP) is 3.07. The van der Waals surface area contributed by atoms with E-state index in [4.69, 9.17) is 11.6 Å². The second-order valence-electron chi connectivity index (χ2n) is 6.36. The normalized spacial score (nSPS) is 15.5. The van der Waals surface area contributed by atoms with Crippen molar-refractivity contribution in [1.82, 2.24) is 14.7 Å². The first kappa shape index (κ1) is 16.7. The lowest BCUT2D eigenvalue weighted by atomic mass is 9.99. The van der Waals surface area contributed by atoms with Gasteiger partial charge in [-0.05, 0) is 49.9 Å². The lowest BCUT2D eigenvalue weighted by Crippen LogP contribution is -2.41. The molecule has 126 valence electrons. The Labute approximate surface area is 145 Å². The van der Waals surface area contributed by atoms with Gasteiger partial charge in [0, 0.05) is 29.9 Å². The molecule has 2 heterocycles. The molecule has 0 aliphatic carbocycles. The van der Waals surface area contributed by atoms with Gasteiger partial charge in [-0.25, -0.2) is 4.68 Å². The summed E-state index contributed by atoms with van der Waals surface area (Å²) in [5, 5.41) is 4.96. The van der Waals surface area contributed by atoms with Crippen molar-refractivity contribution in [2.75, 3.05) is 13.1 Å². The molecule has 24 heavy (non-hydrogen) atoms. The minimum absolute atomic E-state index is 0.0231. The van der Waals surface area contributed by atoms with Crippen molar-refractivity contribution in [3.63, 3.8) is 0 Å². The molecular weight excluding hydrogens is 326 g/mol. The first-order valence-electron chi connectivity index (χ1n) is 8.12. The van der Waals surface area contributed by atoms with Crippen molar-refractivity contribution in [2.45, 2.75) is 26.7 Å². The molecule has 3 rings (SSSR count). The number of nitrogens with zero attached hydrogens (tertiary/aromatic N) is 3. The minimum atomic E-state index is -0.332. The van der Waals surface area contributed by atoms with Crippen LogP contribution in [0.3, 0.4) is 0 Å². The first-order valence-corrected chi connectivity index (χ1v) is 8.49. The summed E-state index contributed by atoms with van der Waals surface area (Å²) < 4.78 is 1.61. The van der Waals surface area contributed by atoms with Crippen LogP contribution in [0.4, 0.5) is 0 Å². The van der Waals surface area contributed by atoms with Crippen molar-refractivity contribution in [1.29, 1.82) is 0 Å². The Bertz CT molecular complexity index is 806. The fourth-order valence-electron chi connectivity index (χ4n) is 2.90. The molecule has 0 N–H and O–H groups in total. The Morgan fingerprint density at radius 2 is 1.83 bits per heavy atom. The van der Waals surface area contributed by atoms with E-state index in [9.17, 15) is 9.59 Å². The van der Waals surface area contributed by atoms with E-state index >= 15 is 0 Å². The highest BCUT2D eigenvalue weighted by atomic mass is 35.5. The SMILES string of the molecule is Cc1cc(=O)c(C(=O)N2CCC(C)CC2)nn1-c1ccc(Cl)cc1. The maximum Gasteiger partial charge on any atom is 0.278 e. The summed E-state index contributed by atoms with van der Waals surface area (Å²) in [6.45, 7) is 5.32. The fourth-order valence-corrected chi connectivity index (χ4v) is 3.03. The van der Waals surface area contributed by atoms with Crippen molar-refractivity contribution in [3.05, 3.63) is 57.0 Å². The highest BCUT2D eigenvalue weighted by Gasteiger charge is 2.25. The molecule has 1 aliphatic rings. The average Bonchev–Trinajstić information content (AvgIpc) is 2.56. The smallest absolute Gasteiger partial charge is 0.278 e. The van der Waals surface area contributed by atoms with Gasteiger partial charge >= 0.3 is 0 Å². The van der Waals surface area contributed by atoms with Crippen LogP contribution >= 0.6 is 11.6 Å². The molecular formula is C18H20ClN3O2. The van der Waals surface area contributed by atoms with Crippen LogP contribution in [0.25, 0.3) is 5.69 Å². The van der Waals surface area contributed by atoms with Gasteiger partial charge in [0.2, 0.25) is 5.43 Å². The summed E-state index contributed by atoms with van der Waals surface area (Å²) >= 11 is 5.92. The van der Waals surface area contributed by atoms with Crippen molar-refractivity contribution in [2.24, 2.45) is 5.92 Å². The van der Waals surface area contributed by atoms with E-state index in [0.29, 0.717) is 29.7 Å². The Morgan fingerprint density at radius 3 is 2.46 bits per heavy atom. The Hall–Kier alpha value is -2.14. The van der Waals surface area contributed by atoms with E-state index in [1.54, 1.807) is 28.6 Å². The summed E-state index contributed by atoms with van der Waals surface area (Å²) in [7, 11) is 0. The van der Waals surface area contributed by atoms with Crippen LogP contribution in [0.5, 0.6) is 0 Å². The highest BCUT2D eigenvalue weighted by Crippen LogP contribution is 2.18. The molecule has 0 atom stereocenters. The molecule has 0 radical (unpaired) electrons. The Kier molecular flexibility index (Phi) is 4.71. The number of halogens is 1. The van der Waals surface area contributed by atoms with Gasteiger partial charge in [-0.1, -0.05) is 18.5 Å². The van der Waals surface area contributed by atoms with Gasteiger partial charge < -0.3 is 4.90 Å². The molecule has 0 bridgehead atoms. The molecule has 1 aromatic carbocycles. The number of amides is 1. The molecule has 5 nitrogen and oxygen atoms in total. The zero-order valence-electron chi connectivity index (χ0n) is 13.8. The van der Waals surface area contributed by atoms with Crippen LogP contribution in [0, 0.1) is 12.8 Å². The molecule has 0 unspecified atom stereocenters. The third-order valence-electron chi connectivity index (χ3n) is 4.45. The summed E-state index contributed by atoms with van der Waals surface area (Å²) in [4.78, 5) is 26.7. The van der Waals surface area contributed by atoms with E-state index in [2.05, 4.69) is 12.0 Å². The van der Waals surface area contributed by atoms with E-state index < -0.39 is 0 Å². The number of likely N-dealkylation sites (tertiary alicyclic amines) is 1. The van der Waals surface area contributed by atoms with Gasteiger partial charge in [-0.3, -0.25) is 9.59 Å². The summed E-state index contributed by atoms with van der Waals surface area (Å²) in [5.74, 6) is 0.334. The van der Waals surface area contributed by atoms with Gasteiger partial charge in [-0.15, -0.1) is 0 Å². The second kappa shape index (κ2) is 6.77. The van der Waals surface area contributed by atoms with Gasteiger partial charge in [-0.2, -0.15) is 5.10 Å². The lowest BCUT2D eigenvalue weighted by Gasteiger charge is -2.29. The minimum Gasteiger partial charge on any atom is -0.337 e. The first-order chi connectivity index (χ1) is 11.5. The number of hydrogen-bond acceptors (Lipinski definition) is 3. The Balaban J connectivity index is 1.96. The lowest BCUT2D eigenvalue weighted by molar-refractivity contribution is 0.0687. The quantitative estimate of drug-likeness (QED) is 0.840. The number of carbonyl (C=O) groups is 1. The number of aryl methyl sites for hydroxylation is 1. The fraction of sp³-hybridized carbons (Fsp3) is 0.389. The third-order valence-corrected chi connectivity index (χ3v) is 4.70. The zero-order chi connectivity index (χ0) is 17.3. The van der Waals surface area contributed by atoms with Crippen LogP contribution in [-0.2, 0) is 0 Å². The number of aromatic nitrogens is 2. The maximum atomic E-state index is 12.7. The molecule has 1 fully saturated rings. The van der Waals surface area contributed by atoms with E-state index in [1.807, 2.05) is 12.1 Å². The monoisotopic (exact) mass is 345 g/mol. The number of carbonyl (C=O) groups excluding carboxylic acids is 1. The summed E-state index contributed by atoms with van der Waals surface area (Å²) in [6.07, 6.45) is 1.92. The van der Waals surface area contributed by atoms with Crippen molar-refractivity contribution in [3.8, 4) is 5.69 Å². The van der Waals surface area contributed by atoms with E-state index in [-0.39, 0.29) is 17.0 Å². The second-order valence-corrected chi connectivity index (χ2v) is 6.80. The highest BCUT2D eigenvalue weighted by molar-refractivity contribution is 6.30. The molecule has 2 aromatic rings. The summed E-state index contributed by atoms with van der Waals surface area (Å²) in [5.41, 5.74) is 1.08. The van der Waals surface area contributed by atoms with Gasteiger partial charge in [0.15, 0.2) is 5.69 Å². The molecule has 1 aliphatic heterocycles. The largest absolute Gasteiger partial charge is 0.337 e. The zero-order valence-corrected chi connectivity index (χ0v) is 14.6. The van der Waals surface area contributed by atoms with Crippen LogP contribution in [0.2, 0.25) is 5.02 Å². The summed E-state index contributed by atoms with van der Waals surface area (Å²) in [6, 6.07) is 8.59. The number of piperidine rings is 1. The number of rotatable bonds is 2. The Morgan fingerprint density at radius 1 is 1.21 bits per heavy atom. The van der Waals surface area contributed by atoms with E-state index in [1.165, 1.54) is 6.07 Å². The van der Waals surface area contributed by atoms with Gasteiger partial charge in [0.1, 0.15) is 0 Å². The average molecular weight is 346 g/mol.